The number of rotatable bonds is 4. The van der Waals surface area contributed by atoms with Gasteiger partial charge in [-0.05, 0) is 73.3 Å². The topological polar surface area (TPSA) is 53.1 Å². The van der Waals surface area contributed by atoms with E-state index in [9.17, 15) is 9.90 Å². The number of carboxylic acid groups (broad SMARTS) is 1. The molecule has 0 saturated heterocycles. The van der Waals surface area contributed by atoms with Crippen LogP contribution in [0.4, 0.5) is 0 Å². The second-order valence-corrected chi connectivity index (χ2v) is 7.57. The molecule has 5 rings (SSSR count). The molecule has 0 amide bonds. The van der Waals surface area contributed by atoms with Crippen LogP contribution in [0.1, 0.15) is 56.4 Å². The summed E-state index contributed by atoms with van der Waals surface area (Å²) in [5, 5.41) is 9.37. The van der Waals surface area contributed by atoms with Crippen molar-refractivity contribution in [3.63, 3.8) is 0 Å². The Hall–Kier alpha value is -1.25. The summed E-state index contributed by atoms with van der Waals surface area (Å²) >= 11 is 0. The van der Waals surface area contributed by atoms with Crippen molar-refractivity contribution in [3.05, 3.63) is 24.0 Å². The Bertz CT molecular complexity index is 470. The Kier molecular flexibility index (Phi) is 2.73. The summed E-state index contributed by atoms with van der Waals surface area (Å²) in [5.41, 5.74) is 1.49. The molecular weight excluding hydrogens is 250 g/mol. The van der Waals surface area contributed by atoms with Gasteiger partial charge in [-0.3, -0.25) is 4.79 Å². The van der Waals surface area contributed by atoms with Gasteiger partial charge >= 0.3 is 5.97 Å². The SMILES string of the molecule is O=C(O)CC(c1cc[nH]c1)C12CC3CC(CC(C3)C1)C2. The number of aromatic nitrogens is 1. The second-order valence-electron chi connectivity index (χ2n) is 7.57. The van der Waals surface area contributed by atoms with Gasteiger partial charge in [0.2, 0.25) is 0 Å². The molecule has 20 heavy (non-hydrogen) atoms. The van der Waals surface area contributed by atoms with Crippen LogP contribution >= 0.6 is 0 Å². The van der Waals surface area contributed by atoms with Crippen LogP contribution < -0.4 is 0 Å². The van der Waals surface area contributed by atoms with E-state index in [-0.39, 0.29) is 11.3 Å². The highest BCUT2D eigenvalue weighted by Crippen LogP contribution is 2.65. The van der Waals surface area contributed by atoms with Crippen LogP contribution in [0, 0.1) is 23.2 Å². The van der Waals surface area contributed by atoms with Crippen molar-refractivity contribution in [1.29, 1.82) is 0 Å². The van der Waals surface area contributed by atoms with Crippen LogP contribution in [0.2, 0.25) is 0 Å². The average Bonchev–Trinajstić information content (AvgIpc) is 2.87. The number of carbonyl (C=O) groups is 1. The van der Waals surface area contributed by atoms with Gasteiger partial charge in [0.15, 0.2) is 0 Å². The first kappa shape index (κ1) is 12.5. The first-order valence-electron chi connectivity index (χ1n) is 7.99. The Morgan fingerprint density at radius 1 is 1.25 bits per heavy atom. The zero-order chi connectivity index (χ0) is 13.7. The number of H-pyrrole nitrogens is 1. The number of aliphatic carboxylic acids is 1. The molecule has 3 heteroatoms. The van der Waals surface area contributed by atoms with Gasteiger partial charge < -0.3 is 10.1 Å². The molecule has 4 bridgehead atoms. The number of nitrogens with one attached hydrogen (secondary N) is 1. The van der Waals surface area contributed by atoms with E-state index in [1.807, 2.05) is 12.4 Å². The fraction of sp³-hybridized carbons (Fsp3) is 0.706. The molecule has 0 spiro atoms. The molecule has 1 heterocycles. The summed E-state index contributed by atoms with van der Waals surface area (Å²) in [7, 11) is 0. The standard InChI is InChI=1S/C17H23NO2/c19-16(20)6-15(14-1-2-18-10-14)17-7-11-3-12(8-17)5-13(4-11)9-17/h1-2,10-13,15,18H,3-9H2,(H,19,20). The van der Waals surface area contributed by atoms with Gasteiger partial charge in [0.25, 0.3) is 0 Å². The van der Waals surface area contributed by atoms with E-state index in [0.717, 1.165) is 17.8 Å². The molecule has 0 radical (unpaired) electrons. The number of hydrogen-bond acceptors (Lipinski definition) is 1. The molecule has 0 aromatic carbocycles. The minimum absolute atomic E-state index is 0.208. The highest BCUT2D eigenvalue weighted by atomic mass is 16.4. The van der Waals surface area contributed by atoms with Crippen molar-refractivity contribution in [1.82, 2.24) is 4.98 Å². The van der Waals surface area contributed by atoms with Crippen molar-refractivity contribution >= 4 is 5.97 Å². The molecule has 108 valence electrons. The third-order valence-corrected chi connectivity index (χ3v) is 6.23. The average molecular weight is 273 g/mol. The summed E-state index contributed by atoms with van der Waals surface area (Å²) in [5.74, 6) is 2.18. The van der Waals surface area contributed by atoms with Gasteiger partial charge in [-0.25, -0.2) is 0 Å². The van der Waals surface area contributed by atoms with Gasteiger partial charge in [0.05, 0.1) is 6.42 Å². The van der Waals surface area contributed by atoms with Crippen LogP contribution in [-0.4, -0.2) is 16.1 Å². The Morgan fingerprint density at radius 3 is 2.30 bits per heavy atom. The van der Waals surface area contributed by atoms with E-state index < -0.39 is 5.97 Å². The van der Waals surface area contributed by atoms with Crippen molar-refractivity contribution < 1.29 is 9.90 Å². The maximum atomic E-state index is 11.4. The predicted octanol–water partition coefficient (Wildman–Crippen LogP) is 3.79. The maximum Gasteiger partial charge on any atom is 0.303 e. The Morgan fingerprint density at radius 2 is 1.85 bits per heavy atom. The largest absolute Gasteiger partial charge is 0.481 e. The second kappa shape index (κ2) is 4.37. The van der Waals surface area contributed by atoms with Crippen molar-refractivity contribution in [2.24, 2.45) is 23.2 Å². The molecule has 1 unspecified atom stereocenters. The fourth-order valence-electron chi connectivity index (χ4n) is 6.02. The summed E-state index contributed by atoms with van der Waals surface area (Å²) in [4.78, 5) is 14.5. The van der Waals surface area contributed by atoms with Gasteiger partial charge in [-0.15, -0.1) is 0 Å². The minimum Gasteiger partial charge on any atom is -0.481 e. The van der Waals surface area contributed by atoms with Crippen LogP contribution in [0.3, 0.4) is 0 Å². The van der Waals surface area contributed by atoms with Crippen molar-refractivity contribution in [2.45, 2.75) is 50.9 Å². The highest BCUT2D eigenvalue weighted by molar-refractivity contribution is 5.68. The summed E-state index contributed by atoms with van der Waals surface area (Å²) < 4.78 is 0. The zero-order valence-electron chi connectivity index (χ0n) is 11.8. The lowest BCUT2D eigenvalue weighted by Crippen LogP contribution is -2.49. The predicted molar refractivity (Wildman–Crippen MR) is 76.4 cm³/mol. The molecule has 4 saturated carbocycles. The first-order chi connectivity index (χ1) is 9.64. The van der Waals surface area contributed by atoms with E-state index in [0.29, 0.717) is 6.42 Å². The van der Waals surface area contributed by atoms with E-state index in [2.05, 4.69) is 11.1 Å². The van der Waals surface area contributed by atoms with Crippen LogP contribution in [0.15, 0.2) is 18.5 Å². The summed E-state index contributed by atoms with van der Waals surface area (Å²) in [6.45, 7) is 0. The number of aromatic amines is 1. The smallest absolute Gasteiger partial charge is 0.303 e. The van der Waals surface area contributed by atoms with Gasteiger partial charge in [0.1, 0.15) is 0 Å². The van der Waals surface area contributed by atoms with Crippen LogP contribution in [0.25, 0.3) is 0 Å². The lowest BCUT2D eigenvalue weighted by molar-refractivity contribution is -0.140. The minimum atomic E-state index is -0.646. The van der Waals surface area contributed by atoms with Crippen LogP contribution in [-0.2, 0) is 4.79 Å². The monoisotopic (exact) mass is 273 g/mol. The highest BCUT2D eigenvalue weighted by Gasteiger charge is 2.54. The summed E-state index contributed by atoms with van der Waals surface area (Å²) in [6, 6.07) is 2.09. The molecule has 4 aliphatic carbocycles. The molecule has 1 aromatic rings. The molecule has 1 atom stereocenters. The fourth-order valence-corrected chi connectivity index (χ4v) is 6.02. The lowest BCUT2D eigenvalue weighted by Gasteiger charge is -2.59. The lowest BCUT2D eigenvalue weighted by atomic mass is 9.45. The molecular formula is C17H23NO2. The first-order valence-corrected chi connectivity index (χ1v) is 7.99. The van der Waals surface area contributed by atoms with E-state index >= 15 is 0 Å². The zero-order valence-corrected chi connectivity index (χ0v) is 11.8. The third-order valence-electron chi connectivity index (χ3n) is 6.23. The molecule has 4 aliphatic rings. The van der Waals surface area contributed by atoms with Gasteiger partial charge in [0, 0.05) is 18.3 Å². The molecule has 1 aromatic heterocycles. The van der Waals surface area contributed by atoms with E-state index in [4.69, 9.17) is 0 Å². The molecule has 4 fully saturated rings. The molecule has 0 aliphatic heterocycles. The quantitative estimate of drug-likeness (QED) is 0.877. The van der Waals surface area contributed by atoms with Crippen molar-refractivity contribution in [3.8, 4) is 0 Å². The van der Waals surface area contributed by atoms with Gasteiger partial charge in [-0.1, -0.05) is 0 Å². The normalized spacial score (nSPS) is 39.9. The van der Waals surface area contributed by atoms with Crippen LogP contribution in [0.5, 0.6) is 0 Å². The Labute approximate surface area is 119 Å². The number of carboxylic acids is 1. The van der Waals surface area contributed by atoms with E-state index in [1.54, 1.807) is 0 Å². The number of hydrogen-bond donors (Lipinski definition) is 2. The van der Waals surface area contributed by atoms with E-state index in [1.165, 1.54) is 44.1 Å². The molecule has 3 nitrogen and oxygen atoms in total. The Balaban J connectivity index is 1.70. The molecule has 2 N–H and O–H groups in total. The third kappa shape index (κ3) is 1.90. The maximum absolute atomic E-state index is 11.4. The summed E-state index contributed by atoms with van der Waals surface area (Å²) in [6.07, 6.45) is 12.3. The van der Waals surface area contributed by atoms with Crippen molar-refractivity contribution in [2.75, 3.05) is 0 Å². The van der Waals surface area contributed by atoms with Gasteiger partial charge in [-0.2, -0.15) is 0 Å².